The highest BCUT2D eigenvalue weighted by molar-refractivity contribution is 14.0. The summed E-state index contributed by atoms with van der Waals surface area (Å²) in [7, 11) is 0. The van der Waals surface area contributed by atoms with Gasteiger partial charge in [-0.1, -0.05) is 18.2 Å². The molecule has 1 aliphatic rings. The van der Waals surface area contributed by atoms with Crippen LogP contribution in [0, 0.1) is 6.92 Å². The molecule has 1 aromatic carbocycles. The lowest BCUT2D eigenvalue weighted by Gasteiger charge is -2.19. The van der Waals surface area contributed by atoms with E-state index in [2.05, 4.69) is 39.6 Å². The van der Waals surface area contributed by atoms with Gasteiger partial charge in [-0.15, -0.1) is 24.0 Å². The van der Waals surface area contributed by atoms with E-state index < -0.39 is 0 Å². The summed E-state index contributed by atoms with van der Waals surface area (Å²) in [4.78, 5) is 8.60. The van der Waals surface area contributed by atoms with Crippen molar-refractivity contribution in [3.8, 4) is 0 Å². The van der Waals surface area contributed by atoms with Crippen molar-refractivity contribution < 1.29 is 0 Å². The molecule has 0 radical (unpaired) electrons. The quantitative estimate of drug-likeness (QED) is 0.449. The second-order valence-electron chi connectivity index (χ2n) is 5.85. The number of rotatable bonds is 3. The molecule has 0 atom stereocenters. The third-order valence-electron chi connectivity index (χ3n) is 4.02. The molecule has 2 aromatic rings. The van der Waals surface area contributed by atoms with Crippen molar-refractivity contribution in [1.29, 1.82) is 0 Å². The Kier molecular flexibility index (Phi) is 6.38. The number of nitrogens with zero attached hydrogens (tertiary/aromatic N) is 2. The van der Waals surface area contributed by atoms with Crippen LogP contribution in [0.25, 0.3) is 0 Å². The van der Waals surface area contributed by atoms with E-state index >= 15 is 0 Å². The van der Waals surface area contributed by atoms with Crippen LogP contribution in [0.15, 0.2) is 41.7 Å². The first-order valence-corrected chi connectivity index (χ1v) is 7.80. The van der Waals surface area contributed by atoms with E-state index in [0.717, 1.165) is 29.7 Å². The van der Waals surface area contributed by atoms with E-state index in [9.17, 15) is 0 Å². The standard InChI is InChI=1S/C18H22N4.HI/c1-13-9-14(11-20-10-13)12-21-18(19)22-17-8-4-6-15-5-2-3-7-16(15)17;/h4,6,8-11H,2-3,5,7,12H2,1H3,(H3,19,21,22);1H. The number of hydrogen-bond acceptors (Lipinski definition) is 2. The average Bonchev–Trinajstić information content (AvgIpc) is 2.53. The molecular weight excluding hydrogens is 399 g/mol. The van der Waals surface area contributed by atoms with Crippen LogP contribution < -0.4 is 11.1 Å². The lowest BCUT2D eigenvalue weighted by Crippen LogP contribution is -2.24. The summed E-state index contributed by atoms with van der Waals surface area (Å²) in [6, 6.07) is 8.46. The van der Waals surface area contributed by atoms with Crippen LogP contribution >= 0.6 is 24.0 Å². The molecule has 5 heteroatoms. The van der Waals surface area contributed by atoms with Gasteiger partial charge in [0.15, 0.2) is 5.96 Å². The Morgan fingerprint density at radius 1 is 1.26 bits per heavy atom. The van der Waals surface area contributed by atoms with Gasteiger partial charge in [0.25, 0.3) is 0 Å². The van der Waals surface area contributed by atoms with Crippen LogP contribution in [0.2, 0.25) is 0 Å². The fourth-order valence-corrected chi connectivity index (χ4v) is 2.96. The van der Waals surface area contributed by atoms with E-state index in [1.54, 1.807) is 0 Å². The van der Waals surface area contributed by atoms with E-state index in [-0.39, 0.29) is 24.0 Å². The molecule has 0 fully saturated rings. The van der Waals surface area contributed by atoms with Crippen molar-refractivity contribution in [2.24, 2.45) is 10.7 Å². The second-order valence-corrected chi connectivity index (χ2v) is 5.85. The molecule has 0 spiro atoms. The van der Waals surface area contributed by atoms with Crippen LogP contribution in [0.3, 0.4) is 0 Å². The van der Waals surface area contributed by atoms with Gasteiger partial charge in [0.1, 0.15) is 0 Å². The predicted molar refractivity (Wildman–Crippen MR) is 106 cm³/mol. The number of benzene rings is 1. The number of aliphatic imine (C=N–C) groups is 1. The van der Waals surface area contributed by atoms with Crippen molar-refractivity contribution >= 4 is 35.6 Å². The van der Waals surface area contributed by atoms with Crippen molar-refractivity contribution in [3.05, 3.63) is 58.9 Å². The number of nitrogens with two attached hydrogens (primary N) is 1. The van der Waals surface area contributed by atoms with E-state index in [1.165, 1.54) is 24.0 Å². The van der Waals surface area contributed by atoms with Gasteiger partial charge in [-0.3, -0.25) is 4.98 Å². The van der Waals surface area contributed by atoms with Crippen molar-refractivity contribution in [3.63, 3.8) is 0 Å². The minimum Gasteiger partial charge on any atom is -0.370 e. The summed E-state index contributed by atoms with van der Waals surface area (Å²) in [5.41, 5.74) is 12.2. The first-order valence-electron chi connectivity index (χ1n) is 7.80. The average molecular weight is 422 g/mol. The summed E-state index contributed by atoms with van der Waals surface area (Å²) >= 11 is 0. The summed E-state index contributed by atoms with van der Waals surface area (Å²) in [5.74, 6) is 0.459. The van der Waals surface area contributed by atoms with E-state index in [0.29, 0.717) is 12.5 Å². The molecule has 4 nitrogen and oxygen atoms in total. The number of aromatic nitrogens is 1. The lowest BCUT2D eigenvalue weighted by atomic mass is 9.90. The molecule has 1 aliphatic carbocycles. The fraction of sp³-hybridized carbons (Fsp3) is 0.333. The summed E-state index contributed by atoms with van der Waals surface area (Å²) in [6.45, 7) is 2.57. The van der Waals surface area contributed by atoms with Gasteiger partial charge in [-0.05, 0) is 60.9 Å². The van der Waals surface area contributed by atoms with Gasteiger partial charge in [0.2, 0.25) is 0 Å². The molecule has 1 aromatic heterocycles. The molecule has 122 valence electrons. The van der Waals surface area contributed by atoms with Crippen LogP contribution in [-0.4, -0.2) is 10.9 Å². The number of guanidine groups is 1. The Labute approximate surface area is 154 Å². The second kappa shape index (κ2) is 8.29. The lowest BCUT2D eigenvalue weighted by molar-refractivity contribution is 0.687. The van der Waals surface area contributed by atoms with Crippen LogP contribution in [0.5, 0.6) is 0 Å². The fourth-order valence-electron chi connectivity index (χ4n) is 2.96. The summed E-state index contributed by atoms with van der Waals surface area (Å²) in [6.07, 6.45) is 8.47. The van der Waals surface area contributed by atoms with E-state index in [4.69, 9.17) is 5.73 Å². The zero-order valence-corrected chi connectivity index (χ0v) is 15.7. The number of fused-ring (bicyclic) bond motifs is 1. The maximum Gasteiger partial charge on any atom is 0.193 e. The largest absolute Gasteiger partial charge is 0.370 e. The van der Waals surface area contributed by atoms with Crippen molar-refractivity contribution in [2.75, 3.05) is 5.32 Å². The minimum absolute atomic E-state index is 0. The predicted octanol–water partition coefficient (Wildman–Crippen LogP) is 3.81. The summed E-state index contributed by atoms with van der Waals surface area (Å²) < 4.78 is 0. The van der Waals surface area contributed by atoms with Crippen LogP contribution in [-0.2, 0) is 19.4 Å². The minimum atomic E-state index is 0. The highest BCUT2D eigenvalue weighted by atomic mass is 127. The highest BCUT2D eigenvalue weighted by Gasteiger charge is 2.13. The Hall–Kier alpha value is -1.63. The van der Waals surface area contributed by atoms with E-state index in [1.807, 2.05) is 19.3 Å². The smallest absolute Gasteiger partial charge is 0.193 e. The maximum absolute atomic E-state index is 6.04. The molecule has 23 heavy (non-hydrogen) atoms. The molecule has 3 rings (SSSR count). The van der Waals surface area contributed by atoms with Gasteiger partial charge >= 0.3 is 0 Å². The first-order chi connectivity index (χ1) is 10.7. The monoisotopic (exact) mass is 422 g/mol. The van der Waals surface area contributed by atoms with Gasteiger partial charge in [-0.2, -0.15) is 0 Å². The Bertz CT molecular complexity index is 697. The Morgan fingerprint density at radius 3 is 2.91 bits per heavy atom. The van der Waals surface area contributed by atoms with Crippen molar-refractivity contribution in [2.45, 2.75) is 39.2 Å². The number of hydrogen-bond donors (Lipinski definition) is 2. The SMILES string of the molecule is Cc1cncc(CN=C(N)Nc2cccc3c2CCCC3)c1.I. The molecule has 0 aliphatic heterocycles. The zero-order chi connectivity index (χ0) is 15.4. The number of halogens is 1. The van der Waals surface area contributed by atoms with Crippen LogP contribution in [0.4, 0.5) is 5.69 Å². The number of pyridine rings is 1. The molecule has 0 amide bonds. The molecular formula is C18H23IN4. The molecule has 0 bridgehead atoms. The third-order valence-corrected chi connectivity index (χ3v) is 4.02. The number of nitrogens with one attached hydrogen (secondary N) is 1. The first kappa shape index (κ1) is 17.7. The van der Waals surface area contributed by atoms with Crippen molar-refractivity contribution in [1.82, 2.24) is 4.98 Å². The van der Waals surface area contributed by atoms with Gasteiger partial charge in [0.05, 0.1) is 6.54 Å². The van der Waals surface area contributed by atoms with Gasteiger partial charge in [-0.25, -0.2) is 4.99 Å². The van der Waals surface area contributed by atoms with Gasteiger partial charge in [0, 0.05) is 18.1 Å². The molecule has 0 unspecified atom stereocenters. The molecule has 0 saturated carbocycles. The third kappa shape index (κ3) is 4.67. The number of anilines is 1. The molecule has 0 saturated heterocycles. The zero-order valence-electron chi connectivity index (χ0n) is 13.4. The topological polar surface area (TPSA) is 63.3 Å². The number of aryl methyl sites for hydroxylation is 2. The maximum atomic E-state index is 6.04. The Balaban J connectivity index is 0.00000192. The summed E-state index contributed by atoms with van der Waals surface area (Å²) in [5, 5.41) is 3.26. The van der Waals surface area contributed by atoms with Crippen LogP contribution in [0.1, 0.15) is 35.1 Å². The Morgan fingerprint density at radius 2 is 2.09 bits per heavy atom. The molecule has 3 N–H and O–H groups in total. The normalized spacial score (nSPS) is 13.9. The van der Waals surface area contributed by atoms with Gasteiger partial charge < -0.3 is 11.1 Å². The highest BCUT2D eigenvalue weighted by Crippen LogP contribution is 2.27. The molecule has 1 heterocycles.